The van der Waals surface area contributed by atoms with Gasteiger partial charge in [0.15, 0.2) is 5.96 Å². The molecule has 0 bridgehead atoms. The van der Waals surface area contributed by atoms with Crippen LogP contribution >= 0.6 is 24.0 Å². The van der Waals surface area contributed by atoms with Gasteiger partial charge in [-0.05, 0) is 56.7 Å². The summed E-state index contributed by atoms with van der Waals surface area (Å²) in [7, 11) is 0. The number of aromatic amines is 1. The van der Waals surface area contributed by atoms with Crippen molar-refractivity contribution in [1.29, 1.82) is 0 Å². The molecule has 1 aromatic heterocycles. The maximum absolute atomic E-state index is 12.7. The molecule has 2 fully saturated rings. The number of rotatable bonds is 6. The average Bonchev–Trinajstić information content (AvgIpc) is 3.49. The van der Waals surface area contributed by atoms with Crippen molar-refractivity contribution in [2.24, 2.45) is 10.9 Å². The monoisotopic (exact) mass is 537 g/mol. The number of H-pyrrole nitrogens is 1. The van der Waals surface area contributed by atoms with E-state index in [1.54, 1.807) is 0 Å². The van der Waals surface area contributed by atoms with Crippen molar-refractivity contribution in [3.05, 3.63) is 35.5 Å². The highest BCUT2D eigenvalue weighted by Gasteiger charge is 2.32. The van der Waals surface area contributed by atoms with E-state index in [1.165, 1.54) is 34.9 Å². The Labute approximate surface area is 202 Å². The zero-order valence-corrected chi connectivity index (χ0v) is 21.1. The number of nitrogens with zero attached hydrogens (tertiary/aromatic N) is 2. The molecule has 2 aliphatic rings. The average molecular weight is 537 g/mol. The normalized spacial score (nSPS) is 19.6. The summed E-state index contributed by atoms with van der Waals surface area (Å²) in [6.45, 7) is 7.42. The number of hydrogen-bond acceptors (Lipinski definition) is 2. The number of nitrogens with one attached hydrogen (secondary N) is 3. The van der Waals surface area contributed by atoms with Gasteiger partial charge in [0, 0.05) is 55.2 Å². The van der Waals surface area contributed by atoms with Crippen LogP contribution in [0.1, 0.15) is 50.2 Å². The van der Waals surface area contributed by atoms with E-state index in [2.05, 4.69) is 58.8 Å². The summed E-state index contributed by atoms with van der Waals surface area (Å²) in [5, 5.41) is 8.20. The van der Waals surface area contributed by atoms with Crippen LogP contribution in [0.4, 0.5) is 0 Å². The van der Waals surface area contributed by atoms with Crippen molar-refractivity contribution in [3.63, 3.8) is 0 Å². The van der Waals surface area contributed by atoms with E-state index in [0.717, 1.165) is 57.8 Å². The number of aryl methyl sites for hydroxylation is 1. The number of carbonyl (C=O) groups is 1. The van der Waals surface area contributed by atoms with E-state index in [-0.39, 0.29) is 35.9 Å². The van der Waals surface area contributed by atoms with E-state index < -0.39 is 0 Å². The first-order chi connectivity index (χ1) is 14.6. The highest BCUT2D eigenvalue weighted by atomic mass is 127. The fourth-order valence-corrected chi connectivity index (χ4v) is 4.82. The van der Waals surface area contributed by atoms with Crippen LogP contribution in [0.15, 0.2) is 29.4 Å². The smallest absolute Gasteiger partial charge is 0.225 e. The third kappa shape index (κ3) is 5.93. The first kappa shape index (κ1) is 23.9. The van der Waals surface area contributed by atoms with Crippen LogP contribution < -0.4 is 10.6 Å². The fraction of sp³-hybridized carbons (Fsp3) is 0.583. The van der Waals surface area contributed by atoms with Gasteiger partial charge < -0.3 is 20.5 Å². The van der Waals surface area contributed by atoms with Gasteiger partial charge in [-0.15, -0.1) is 24.0 Å². The fourth-order valence-electron chi connectivity index (χ4n) is 4.82. The van der Waals surface area contributed by atoms with E-state index in [0.29, 0.717) is 5.91 Å². The molecule has 2 heterocycles. The molecule has 3 N–H and O–H groups in total. The number of carbonyl (C=O) groups excluding carboxylic acids is 1. The number of guanidine groups is 1. The number of fused-ring (bicyclic) bond motifs is 1. The lowest BCUT2D eigenvalue weighted by molar-refractivity contribution is -0.134. The first-order valence-corrected chi connectivity index (χ1v) is 11.5. The number of hydrogen-bond donors (Lipinski definition) is 3. The highest BCUT2D eigenvalue weighted by Crippen LogP contribution is 2.28. The van der Waals surface area contributed by atoms with Crippen LogP contribution in [-0.2, 0) is 11.2 Å². The van der Waals surface area contributed by atoms with Crippen molar-refractivity contribution < 1.29 is 4.79 Å². The van der Waals surface area contributed by atoms with Gasteiger partial charge in [-0.2, -0.15) is 0 Å². The molecule has 31 heavy (non-hydrogen) atoms. The van der Waals surface area contributed by atoms with Gasteiger partial charge in [-0.3, -0.25) is 9.79 Å². The molecule has 2 aromatic rings. The number of aromatic nitrogens is 1. The van der Waals surface area contributed by atoms with Gasteiger partial charge in [0.2, 0.25) is 5.91 Å². The molecule has 6 nitrogen and oxygen atoms in total. The molecule has 1 saturated carbocycles. The van der Waals surface area contributed by atoms with Crippen LogP contribution in [0.2, 0.25) is 0 Å². The molecule has 0 spiro atoms. The molecule has 1 aromatic carbocycles. The number of benzene rings is 1. The summed E-state index contributed by atoms with van der Waals surface area (Å²) in [4.78, 5) is 22.9. The minimum Gasteiger partial charge on any atom is -0.361 e. The highest BCUT2D eigenvalue weighted by molar-refractivity contribution is 14.0. The lowest BCUT2D eigenvalue weighted by atomic mass is 10.1. The molecule has 1 aliphatic carbocycles. The Kier molecular flexibility index (Phi) is 8.63. The van der Waals surface area contributed by atoms with E-state index in [4.69, 9.17) is 4.99 Å². The minimum atomic E-state index is 0. The van der Waals surface area contributed by atoms with Crippen LogP contribution in [0.5, 0.6) is 0 Å². The molecule has 1 amide bonds. The summed E-state index contributed by atoms with van der Waals surface area (Å²) in [5.74, 6) is 1.49. The molecule has 170 valence electrons. The standard InChI is InChI=1S/C24H35N5O.HI/c1-3-25-24(26-12-10-19-15-27-22-14-17(2)8-9-21(19)22)28-20-11-13-29(16-20)23(30)18-6-4-5-7-18;/h8-9,14-15,18,20,27H,3-7,10-13,16H2,1-2H3,(H2,25,26,28);1H. The lowest BCUT2D eigenvalue weighted by Crippen LogP contribution is -2.45. The topological polar surface area (TPSA) is 72.5 Å². The van der Waals surface area contributed by atoms with E-state index in [9.17, 15) is 4.79 Å². The maximum atomic E-state index is 12.7. The molecule has 1 aliphatic heterocycles. The molecule has 7 heteroatoms. The SMILES string of the molecule is CCNC(=NCCc1c[nH]c2cc(C)ccc12)NC1CCN(C(=O)C2CCCC2)C1.I. The van der Waals surface area contributed by atoms with Crippen molar-refractivity contribution in [2.45, 2.75) is 58.4 Å². The first-order valence-electron chi connectivity index (χ1n) is 11.5. The van der Waals surface area contributed by atoms with E-state index in [1.807, 2.05) is 0 Å². The second-order valence-corrected chi connectivity index (χ2v) is 8.77. The van der Waals surface area contributed by atoms with E-state index >= 15 is 0 Å². The number of halogens is 1. The predicted octanol–water partition coefficient (Wildman–Crippen LogP) is 3.98. The molecular weight excluding hydrogens is 501 g/mol. The molecule has 1 atom stereocenters. The molecular formula is C24H36IN5O. The van der Waals surface area contributed by atoms with Gasteiger partial charge >= 0.3 is 0 Å². The number of aliphatic imine (C=N–C) groups is 1. The van der Waals surface area contributed by atoms with Gasteiger partial charge in [0.25, 0.3) is 0 Å². The Morgan fingerprint density at radius 1 is 1.26 bits per heavy atom. The Morgan fingerprint density at radius 3 is 2.84 bits per heavy atom. The third-order valence-electron chi connectivity index (χ3n) is 6.46. The Hall–Kier alpha value is -1.77. The Morgan fingerprint density at radius 2 is 2.06 bits per heavy atom. The van der Waals surface area contributed by atoms with Gasteiger partial charge in [0.1, 0.15) is 0 Å². The zero-order chi connectivity index (χ0) is 20.9. The quantitative estimate of drug-likeness (QED) is 0.297. The van der Waals surface area contributed by atoms with Gasteiger partial charge in [0.05, 0.1) is 0 Å². The van der Waals surface area contributed by atoms with Crippen molar-refractivity contribution in [2.75, 3.05) is 26.2 Å². The van der Waals surface area contributed by atoms with Crippen LogP contribution in [0.3, 0.4) is 0 Å². The summed E-state index contributed by atoms with van der Waals surface area (Å²) in [6, 6.07) is 6.82. The molecule has 4 rings (SSSR count). The van der Waals surface area contributed by atoms with Crippen molar-refractivity contribution in [1.82, 2.24) is 20.5 Å². The number of amides is 1. The summed E-state index contributed by atoms with van der Waals surface area (Å²) in [5.41, 5.74) is 3.76. The lowest BCUT2D eigenvalue weighted by Gasteiger charge is -2.21. The van der Waals surface area contributed by atoms with Gasteiger partial charge in [-0.25, -0.2) is 0 Å². The Bertz CT molecular complexity index is 903. The maximum Gasteiger partial charge on any atom is 0.225 e. The van der Waals surface area contributed by atoms with Crippen molar-refractivity contribution >= 4 is 46.7 Å². The van der Waals surface area contributed by atoms with Crippen molar-refractivity contribution in [3.8, 4) is 0 Å². The molecule has 1 saturated heterocycles. The zero-order valence-electron chi connectivity index (χ0n) is 18.7. The summed E-state index contributed by atoms with van der Waals surface area (Å²) < 4.78 is 0. The van der Waals surface area contributed by atoms with Crippen LogP contribution in [0, 0.1) is 12.8 Å². The predicted molar refractivity (Wildman–Crippen MR) is 138 cm³/mol. The number of likely N-dealkylation sites (tertiary alicyclic amines) is 1. The van der Waals surface area contributed by atoms with Crippen LogP contribution in [0.25, 0.3) is 10.9 Å². The molecule has 1 unspecified atom stereocenters. The third-order valence-corrected chi connectivity index (χ3v) is 6.46. The second kappa shape index (κ2) is 11.2. The van der Waals surface area contributed by atoms with Gasteiger partial charge in [-0.1, -0.05) is 25.0 Å². The summed E-state index contributed by atoms with van der Waals surface area (Å²) in [6.07, 6.45) is 8.55. The molecule has 0 radical (unpaired) electrons. The second-order valence-electron chi connectivity index (χ2n) is 8.77. The Balaban J connectivity index is 0.00000272. The van der Waals surface area contributed by atoms with Crippen LogP contribution in [-0.4, -0.2) is 54.0 Å². The summed E-state index contributed by atoms with van der Waals surface area (Å²) >= 11 is 0. The largest absolute Gasteiger partial charge is 0.361 e. The minimum absolute atomic E-state index is 0.